The van der Waals surface area contributed by atoms with E-state index in [1.54, 1.807) is 27.7 Å². The zero-order valence-corrected chi connectivity index (χ0v) is 18.0. The van der Waals surface area contributed by atoms with E-state index in [0.717, 1.165) is 18.9 Å². The molecular formula is C21H25N4O6-. The maximum Gasteiger partial charge on any atom is 0.333 e. The largest absolute Gasteiger partial charge is 0.859 e. The minimum Gasteiger partial charge on any atom is -0.859 e. The third-order valence-corrected chi connectivity index (χ3v) is 4.84. The molecule has 0 aliphatic carbocycles. The minimum atomic E-state index is -0.682. The summed E-state index contributed by atoms with van der Waals surface area (Å²) >= 11 is 0. The first-order valence-corrected chi connectivity index (χ1v) is 10.0. The summed E-state index contributed by atoms with van der Waals surface area (Å²) in [5.74, 6) is -2.05. The molecule has 1 aromatic rings. The van der Waals surface area contributed by atoms with Crippen LogP contribution in [0, 0.1) is 0 Å². The van der Waals surface area contributed by atoms with E-state index in [2.05, 4.69) is 0 Å². The van der Waals surface area contributed by atoms with Gasteiger partial charge in [0.2, 0.25) is 0 Å². The normalized spacial score (nSPS) is 15.1. The lowest BCUT2D eigenvalue weighted by atomic mass is 10.1. The number of allylic oxidation sites excluding steroid dienone is 4. The van der Waals surface area contributed by atoms with Crippen LogP contribution in [0.2, 0.25) is 0 Å². The molecule has 10 heteroatoms. The number of imide groups is 2. The van der Waals surface area contributed by atoms with Crippen molar-refractivity contribution in [3.05, 3.63) is 56.3 Å². The lowest BCUT2D eigenvalue weighted by Gasteiger charge is -2.32. The number of urea groups is 1. The molecule has 1 aromatic heterocycles. The summed E-state index contributed by atoms with van der Waals surface area (Å²) in [4.78, 5) is 63.5. The number of rotatable bonds is 7. The fraction of sp³-hybridized carbons (Fsp3) is 0.381. The Bertz CT molecular complexity index is 1080. The van der Waals surface area contributed by atoms with Crippen LogP contribution in [0.3, 0.4) is 0 Å². The molecule has 1 aliphatic heterocycles. The van der Waals surface area contributed by atoms with E-state index in [0.29, 0.717) is 0 Å². The molecule has 0 radical (unpaired) electrons. The maximum atomic E-state index is 12.4. The second-order valence-electron chi connectivity index (χ2n) is 6.50. The predicted octanol–water partition coefficient (Wildman–Crippen LogP) is 0.450. The van der Waals surface area contributed by atoms with Crippen molar-refractivity contribution in [2.45, 2.75) is 40.8 Å². The van der Waals surface area contributed by atoms with Crippen molar-refractivity contribution in [3.8, 4) is 5.88 Å². The summed E-state index contributed by atoms with van der Waals surface area (Å²) in [6.07, 6.45) is 6.80. The van der Waals surface area contributed by atoms with Gasteiger partial charge in [0, 0.05) is 31.7 Å². The highest BCUT2D eigenvalue weighted by atomic mass is 16.3. The van der Waals surface area contributed by atoms with Crippen LogP contribution in [0.4, 0.5) is 4.79 Å². The Morgan fingerprint density at radius 1 is 0.742 bits per heavy atom. The van der Waals surface area contributed by atoms with Crippen molar-refractivity contribution >= 4 is 23.9 Å². The zero-order chi connectivity index (χ0) is 23.3. The van der Waals surface area contributed by atoms with Gasteiger partial charge in [-0.3, -0.25) is 28.8 Å². The number of carbonyl (C=O) groups is 3. The van der Waals surface area contributed by atoms with Crippen molar-refractivity contribution < 1.29 is 19.5 Å². The number of nitrogens with zero attached hydrogens (tertiary/aromatic N) is 4. The molecular weight excluding hydrogens is 404 g/mol. The first kappa shape index (κ1) is 23.6. The molecule has 31 heavy (non-hydrogen) atoms. The first-order valence-electron chi connectivity index (χ1n) is 10.0. The Balaban J connectivity index is 2.36. The molecule has 0 bridgehead atoms. The number of hydrogen-bond donors (Lipinski definition) is 0. The minimum absolute atomic E-state index is 0.130. The van der Waals surface area contributed by atoms with Crippen LogP contribution < -0.4 is 16.4 Å². The summed E-state index contributed by atoms with van der Waals surface area (Å²) < 4.78 is 1.95. The van der Waals surface area contributed by atoms with Crippen LogP contribution in [0.5, 0.6) is 5.88 Å². The molecule has 0 spiro atoms. The van der Waals surface area contributed by atoms with E-state index in [1.807, 2.05) is 0 Å². The van der Waals surface area contributed by atoms with Gasteiger partial charge in [-0.1, -0.05) is 18.2 Å². The second kappa shape index (κ2) is 9.88. The van der Waals surface area contributed by atoms with Gasteiger partial charge in [0.25, 0.3) is 17.4 Å². The molecule has 2 heterocycles. The van der Waals surface area contributed by atoms with Crippen molar-refractivity contribution in [2.24, 2.45) is 0 Å². The van der Waals surface area contributed by atoms with Gasteiger partial charge >= 0.3 is 11.7 Å². The van der Waals surface area contributed by atoms with E-state index in [-0.39, 0.29) is 37.3 Å². The second-order valence-corrected chi connectivity index (χ2v) is 6.50. The van der Waals surface area contributed by atoms with Gasteiger partial charge < -0.3 is 9.67 Å². The smallest absolute Gasteiger partial charge is 0.333 e. The van der Waals surface area contributed by atoms with Crippen molar-refractivity contribution in [1.82, 2.24) is 18.9 Å². The van der Waals surface area contributed by atoms with E-state index in [1.165, 1.54) is 30.4 Å². The molecule has 0 saturated carbocycles. The summed E-state index contributed by atoms with van der Waals surface area (Å²) in [7, 11) is 0. The quantitative estimate of drug-likeness (QED) is 0.352. The van der Waals surface area contributed by atoms with Gasteiger partial charge in [-0.25, -0.2) is 9.59 Å². The molecule has 4 amide bonds. The van der Waals surface area contributed by atoms with Crippen molar-refractivity contribution in [1.29, 1.82) is 0 Å². The van der Waals surface area contributed by atoms with Gasteiger partial charge in [0.15, 0.2) is 0 Å². The highest BCUT2D eigenvalue weighted by molar-refractivity contribution is 6.28. The van der Waals surface area contributed by atoms with Gasteiger partial charge in [-0.15, -0.1) is 0 Å². The van der Waals surface area contributed by atoms with E-state index < -0.39 is 35.0 Å². The van der Waals surface area contributed by atoms with Gasteiger partial charge in [-0.2, -0.15) is 0 Å². The van der Waals surface area contributed by atoms with Crippen LogP contribution in [-0.4, -0.2) is 49.9 Å². The molecule has 2 rings (SSSR count). The first-order chi connectivity index (χ1) is 14.7. The Morgan fingerprint density at radius 3 is 1.77 bits per heavy atom. The van der Waals surface area contributed by atoms with E-state index >= 15 is 0 Å². The fourth-order valence-electron chi connectivity index (χ4n) is 3.17. The van der Waals surface area contributed by atoms with Gasteiger partial charge in [0.1, 0.15) is 5.57 Å². The maximum absolute atomic E-state index is 12.4. The van der Waals surface area contributed by atoms with E-state index in [9.17, 15) is 29.1 Å². The zero-order valence-electron chi connectivity index (χ0n) is 18.0. The molecule has 1 aliphatic rings. The van der Waals surface area contributed by atoms with Crippen LogP contribution in [0.15, 0.2) is 39.5 Å². The molecule has 10 nitrogen and oxygen atoms in total. The van der Waals surface area contributed by atoms with Gasteiger partial charge in [0.05, 0.1) is 0 Å². The molecule has 1 fully saturated rings. The van der Waals surface area contributed by atoms with Crippen LogP contribution in [0.25, 0.3) is 6.08 Å². The number of hydrogen-bond acceptors (Lipinski definition) is 6. The summed E-state index contributed by atoms with van der Waals surface area (Å²) in [5.41, 5.74) is -1.66. The summed E-state index contributed by atoms with van der Waals surface area (Å²) in [5, 5.41) is 12.4. The standard InChI is InChI=1S/C21H26N4O6/c1-5-22-16(26)14(17(27)23(6-2)20(22)30)12-10-9-11-13-15-18(28)24(7-3)21(31)25(8-4)19(15)29/h9-13,26H,5-8H2,1-4H3/p-1/b11-9+,12-10+. The number of amides is 4. The SMILES string of the molecule is CCN1C(=O)C(=C/C=C/C=C/c2c([O-])n(CC)c(=O)n(CC)c2=O)C(=O)N(CC)C1=O. The van der Waals surface area contributed by atoms with Crippen LogP contribution in [0.1, 0.15) is 33.3 Å². The van der Waals surface area contributed by atoms with Crippen molar-refractivity contribution in [3.63, 3.8) is 0 Å². The number of aromatic nitrogens is 2. The number of likely N-dealkylation sites (N-methyl/N-ethyl adjacent to an activating group) is 2. The average Bonchev–Trinajstić information content (AvgIpc) is 2.73. The lowest BCUT2D eigenvalue weighted by molar-refractivity contribution is -0.280. The van der Waals surface area contributed by atoms with Crippen molar-refractivity contribution in [2.75, 3.05) is 13.1 Å². The number of barbiturate groups is 1. The molecule has 166 valence electrons. The Kier molecular flexibility index (Phi) is 7.51. The molecule has 0 aromatic carbocycles. The Hall–Kier alpha value is -3.69. The third-order valence-electron chi connectivity index (χ3n) is 4.84. The van der Waals surface area contributed by atoms with E-state index in [4.69, 9.17) is 0 Å². The Labute approximate surface area is 179 Å². The fourth-order valence-corrected chi connectivity index (χ4v) is 3.17. The highest BCUT2D eigenvalue weighted by Crippen LogP contribution is 2.17. The topological polar surface area (TPSA) is 125 Å². The molecule has 1 saturated heterocycles. The lowest BCUT2D eigenvalue weighted by Crippen LogP contribution is -2.56. The molecule has 0 N–H and O–H groups in total. The molecule has 0 unspecified atom stereocenters. The van der Waals surface area contributed by atoms with Crippen LogP contribution in [-0.2, 0) is 22.7 Å². The summed E-state index contributed by atoms with van der Waals surface area (Å²) in [6.45, 7) is 7.06. The summed E-state index contributed by atoms with van der Waals surface area (Å²) in [6, 6.07) is -0.651. The number of carbonyl (C=O) groups excluding carboxylic acids is 3. The average molecular weight is 429 g/mol. The monoisotopic (exact) mass is 429 g/mol. The van der Waals surface area contributed by atoms with Crippen LogP contribution >= 0.6 is 0 Å². The predicted molar refractivity (Wildman–Crippen MR) is 112 cm³/mol. The van der Waals surface area contributed by atoms with Gasteiger partial charge in [-0.05, 0) is 45.7 Å². The Morgan fingerprint density at radius 2 is 1.29 bits per heavy atom. The third kappa shape index (κ3) is 4.27. The highest BCUT2D eigenvalue weighted by Gasteiger charge is 2.39. The molecule has 0 atom stereocenters.